The SMILES string of the molecule is CCC(CC)Nc1ncccc1C(=N)c1ccccc1OC. The minimum absolute atomic E-state index is 0.360. The molecule has 0 atom stereocenters. The summed E-state index contributed by atoms with van der Waals surface area (Å²) in [6, 6.07) is 11.7. The van der Waals surface area contributed by atoms with E-state index in [-0.39, 0.29) is 0 Å². The fraction of sp³-hybridized carbons (Fsp3) is 0.333. The summed E-state index contributed by atoms with van der Waals surface area (Å²) in [5.41, 5.74) is 1.98. The molecule has 0 spiro atoms. The Hall–Kier alpha value is -2.36. The van der Waals surface area contributed by atoms with Crippen molar-refractivity contribution in [3.63, 3.8) is 0 Å². The standard InChI is InChI=1S/C18H23N3O/c1-4-13(5-2)21-18-15(10-8-12-20-18)17(19)14-9-6-7-11-16(14)22-3/h6-13,19H,4-5H2,1-3H3,(H,20,21). The second-order valence-electron chi connectivity index (χ2n) is 5.13. The third-order valence-corrected chi connectivity index (χ3v) is 3.78. The van der Waals surface area contributed by atoms with Crippen molar-refractivity contribution in [1.29, 1.82) is 5.41 Å². The lowest BCUT2D eigenvalue weighted by atomic mass is 10.0. The van der Waals surface area contributed by atoms with Crippen LogP contribution in [0.15, 0.2) is 42.6 Å². The van der Waals surface area contributed by atoms with E-state index in [9.17, 15) is 0 Å². The molecule has 0 aliphatic heterocycles. The van der Waals surface area contributed by atoms with Gasteiger partial charge in [0.15, 0.2) is 0 Å². The van der Waals surface area contributed by atoms with E-state index >= 15 is 0 Å². The van der Waals surface area contributed by atoms with Crippen molar-refractivity contribution in [2.24, 2.45) is 0 Å². The molecular formula is C18H23N3O. The molecule has 0 unspecified atom stereocenters. The van der Waals surface area contributed by atoms with Crippen LogP contribution in [0.5, 0.6) is 5.75 Å². The summed E-state index contributed by atoms with van der Waals surface area (Å²) in [6.45, 7) is 4.30. The van der Waals surface area contributed by atoms with Gasteiger partial charge >= 0.3 is 0 Å². The number of nitrogens with zero attached hydrogens (tertiary/aromatic N) is 1. The Labute approximate surface area is 132 Å². The molecule has 1 heterocycles. The third-order valence-electron chi connectivity index (χ3n) is 3.78. The van der Waals surface area contributed by atoms with Crippen molar-refractivity contribution in [2.75, 3.05) is 12.4 Å². The number of hydrogen-bond donors (Lipinski definition) is 2. The number of ether oxygens (including phenoxy) is 1. The van der Waals surface area contributed by atoms with Crippen molar-refractivity contribution in [3.8, 4) is 5.75 Å². The highest BCUT2D eigenvalue weighted by molar-refractivity contribution is 6.15. The Morgan fingerprint density at radius 2 is 1.82 bits per heavy atom. The third kappa shape index (κ3) is 3.45. The molecule has 1 aromatic heterocycles. The quantitative estimate of drug-likeness (QED) is 0.756. The monoisotopic (exact) mass is 297 g/mol. The van der Waals surface area contributed by atoms with Gasteiger partial charge < -0.3 is 10.1 Å². The van der Waals surface area contributed by atoms with Crippen molar-refractivity contribution < 1.29 is 4.74 Å². The lowest BCUT2D eigenvalue weighted by molar-refractivity contribution is 0.414. The molecule has 1 aromatic carbocycles. The molecule has 0 bridgehead atoms. The summed E-state index contributed by atoms with van der Waals surface area (Å²) in [4.78, 5) is 4.42. The highest BCUT2D eigenvalue weighted by Crippen LogP contribution is 2.24. The fourth-order valence-corrected chi connectivity index (χ4v) is 2.40. The lowest BCUT2D eigenvalue weighted by Crippen LogP contribution is -2.20. The molecule has 0 saturated carbocycles. The van der Waals surface area contributed by atoms with Crippen LogP contribution in [0.2, 0.25) is 0 Å². The number of benzene rings is 1. The van der Waals surface area contributed by atoms with Gasteiger partial charge in [-0.3, -0.25) is 5.41 Å². The van der Waals surface area contributed by atoms with Crippen LogP contribution in [0.4, 0.5) is 5.82 Å². The van der Waals surface area contributed by atoms with Gasteiger partial charge in [-0.1, -0.05) is 26.0 Å². The Morgan fingerprint density at radius 3 is 2.50 bits per heavy atom. The first-order valence-corrected chi connectivity index (χ1v) is 7.65. The van der Waals surface area contributed by atoms with E-state index in [1.165, 1.54) is 0 Å². The number of para-hydroxylation sites is 1. The average molecular weight is 297 g/mol. The summed E-state index contributed by atoms with van der Waals surface area (Å²) in [5.74, 6) is 1.46. The second-order valence-corrected chi connectivity index (χ2v) is 5.13. The van der Waals surface area contributed by atoms with Gasteiger partial charge in [0.1, 0.15) is 11.6 Å². The first-order valence-electron chi connectivity index (χ1n) is 7.65. The molecule has 0 amide bonds. The summed E-state index contributed by atoms with van der Waals surface area (Å²) in [6.07, 6.45) is 3.80. The van der Waals surface area contributed by atoms with Gasteiger partial charge in [0.2, 0.25) is 0 Å². The number of methoxy groups -OCH3 is 1. The molecular weight excluding hydrogens is 274 g/mol. The van der Waals surface area contributed by atoms with E-state index in [1.807, 2.05) is 36.4 Å². The molecule has 2 rings (SSSR count). The molecule has 4 nitrogen and oxygen atoms in total. The minimum atomic E-state index is 0.360. The second kappa shape index (κ2) is 7.59. The normalized spacial score (nSPS) is 10.5. The van der Waals surface area contributed by atoms with Gasteiger partial charge in [-0.05, 0) is 37.1 Å². The molecule has 0 saturated heterocycles. The molecule has 116 valence electrons. The molecule has 2 N–H and O–H groups in total. The highest BCUT2D eigenvalue weighted by Gasteiger charge is 2.16. The Balaban J connectivity index is 2.38. The predicted octanol–water partition coefficient (Wildman–Crippen LogP) is 4.11. The van der Waals surface area contributed by atoms with Gasteiger partial charge in [0.25, 0.3) is 0 Å². The van der Waals surface area contributed by atoms with Gasteiger partial charge in [-0.2, -0.15) is 0 Å². The largest absolute Gasteiger partial charge is 0.496 e. The smallest absolute Gasteiger partial charge is 0.135 e. The Bertz CT molecular complexity index is 636. The topological polar surface area (TPSA) is 58.0 Å². The van der Waals surface area contributed by atoms with Crippen LogP contribution in [-0.2, 0) is 0 Å². The van der Waals surface area contributed by atoms with Gasteiger partial charge in [0.05, 0.1) is 12.8 Å². The fourth-order valence-electron chi connectivity index (χ4n) is 2.40. The maximum Gasteiger partial charge on any atom is 0.135 e. The van der Waals surface area contributed by atoms with Crippen LogP contribution in [0.1, 0.15) is 37.8 Å². The number of anilines is 1. The first kappa shape index (κ1) is 16.0. The number of nitrogens with one attached hydrogen (secondary N) is 2. The average Bonchev–Trinajstić information content (AvgIpc) is 2.59. The van der Waals surface area contributed by atoms with E-state index in [0.717, 1.165) is 29.8 Å². The molecule has 0 radical (unpaired) electrons. The van der Waals surface area contributed by atoms with E-state index in [0.29, 0.717) is 17.5 Å². The first-order chi connectivity index (χ1) is 10.7. The summed E-state index contributed by atoms with van der Waals surface area (Å²) in [7, 11) is 1.62. The van der Waals surface area contributed by atoms with Gasteiger partial charge in [-0.15, -0.1) is 0 Å². The maximum atomic E-state index is 8.55. The van der Waals surface area contributed by atoms with Crippen LogP contribution in [0.3, 0.4) is 0 Å². The molecule has 4 heteroatoms. The number of rotatable bonds is 7. The van der Waals surface area contributed by atoms with Crippen LogP contribution < -0.4 is 10.1 Å². The van der Waals surface area contributed by atoms with Gasteiger partial charge in [0, 0.05) is 23.4 Å². The summed E-state index contributed by atoms with van der Waals surface area (Å²) < 4.78 is 5.37. The molecule has 2 aromatic rings. The molecule has 22 heavy (non-hydrogen) atoms. The van der Waals surface area contributed by atoms with Crippen LogP contribution >= 0.6 is 0 Å². The highest BCUT2D eigenvalue weighted by atomic mass is 16.5. The van der Waals surface area contributed by atoms with E-state index in [2.05, 4.69) is 24.1 Å². The number of aromatic nitrogens is 1. The zero-order valence-corrected chi connectivity index (χ0v) is 13.4. The minimum Gasteiger partial charge on any atom is -0.496 e. The molecule has 0 aliphatic rings. The molecule has 0 aliphatic carbocycles. The van der Waals surface area contributed by atoms with Crippen molar-refractivity contribution in [1.82, 2.24) is 4.98 Å². The predicted molar refractivity (Wildman–Crippen MR) is 91.2 cm³/mol. The molecule has 0 fully saturated rings. The van der Waals surface area contributed by atoms with E-state index in [4.69, 9.17) is 10.1 Å². The van der Waals surface area contributed by atoms with E-state index in [1.54, 1.807) is 13.3 Å². The van der Waals surface area contributed by atoms with E-state index < -0.39 is 0 Å². The van der Waals surface area contributed by atoms with Crippen LogP contribution in [0, 0.1) is 5.41 Å². The van der Waals surface area contributed by atoms with Crippen molar-refractivity contribution in [2.45, 2.75) is 32.7 Å². The maximum absolute atomic E-state index is 8.55. The van der Waals surface area contributed by atoms with Crippen molar-refractivity contribution in [3.05, 3.63) is 53.7 Å². The lowest BCUT2D eigenvalue weighted by Gasteiger charge is -2.19. The zero-order valence-electron chi connectivity index (χ0n) is 13.4. The Morgan fingerprint density at radius 1 is 1.14 bits per heavy atom. The summed E-state index contributed by atoms with van der Waals surface area (Å²) in [5, 5.41) is 12.0. The van der Waals surface area contributed by atoms with Crippen LogP contribution in [-0.4, -0.2) is 23.8 Å². The van der Waals surface area contributed by atoms with Crippen molar-refractivity contribution >= 4 is 11.5 Å². The summed E-state index contributed by atoms with van der Waals surface area (Å²) >= 11 is 0. The Kier molecular flexibility index (Phi) is 5.53. The van der Waals surface area contributed by atoms with Crippen LogP contribution in [0.25, 0.3) is 0 Å². The van der Waals surface area contributed by atoms with Gasteiger partial charge in [-0.25, -0.2) is 4.98 Å². The zero-order chi connectivity index (χ0) is 15.9. The number of pyridine rings is 1. The number of hydrogen-bond acceptors (Lipinski definition) is 4.